The molecule has 4 N–H and O–H groups in total. The number of thiocarbonyl (C=S) groups is 1. The molecule has 0 fully saturated rings. The number of carbonyl (C=O) groups excluding carboxylic acids is 1. The zero-order valence-electron chi connectivity index (χ0n) is 16.7. The summed E-state index contributed by atoms with van der Waals surface area (Å²) in [7, 11) is 0. The number of hydrogen-bond donors (Lipinski definition) is 3. The van der Waals surface area contributed by atoms with Crippen LogP contribution in [-0.2, 0) is 4.74 Å². The van der Waals surface area contributed by atoms with Crippen LogP contribution in [0.15, 0.2) is 72.8 Å². The minimum absolute atomic E-state index is 0.0299. The molecule has 154 valence electrons. The summed E-state index contributed by atoms with van der Waals surface area (Å²) in [6.45, 7) is 0.437. The Morgan fingerprint density at radius 3 is 2.26 bits per heavy atom. The second kappa shape index (κ2) is 9.33. The van der Waals surface area contributed by atoms with Crippen molar-refractivity contribution in [1.82, 2.24) is 5.32 Å². The molecule has 0 aromatic heterocycles. The fourth-order valence-corrected chi connectivity index (χ4v) is 3.85. The third-order valence-corrected chi connectivity index (χ3v) is 5.17. The van der Waals surface area contributed by atoms with Crippen LogP contribution in [0.4, 0.5) is 10.5 Å². The number of rotatable bonds is 4. The molecule has 0 saturated carbocycles. The Kier molecular flexibility index (Phi) is 6.16. The van der Waals surface area contributed by atoms with Crippen LogP contribution in [0, 0.1) is 11.8 Å². The Morgan fingerprint density at radius 1 is 0.968 bits per heavy atom. The molecule has 1 aliphatic rings. The fraction of sp³-hybridized carbons (Fsp3) is 0.120. The summed E-state index contributed by atoms with van der Waals surface area (Å²) in [5.41, 5.74) is 11.7. The molecule has 3 aromatic rings. The lowest BCUT2D eigenvalue weighted by atomic mass is 9.98. The highest BCUT2D eigenvalue weighted by Gasteiger charge is 2.28. The van der Waals surface area contributed by atoms with Crippen molar-refractivity contribution >= 4 is 29.1 Å². The quantitative estimate of drug-likeness (QED) is 0.429. The van der Waals surface area contributed by atoms with Gasteiger partial charge in [0.2, 0.25) is 0 Å². The zero-order valence-corrected chi connectivity index (χ0v) is 17.5. The van der Waals surface area contributed by atoms with Gasteiger partial charge in [0.15, 0.2) is 5.11 Å². The minimum Gasteiger partial charge on any atom is -0.449 e. The van der Waals surface area contributed by atoms with Crippen LogP contribution in [0.5, 0.6) is 0 Å². The second-order valence-corrected chi connectivity index (χ2v) is 7.46. The standard InChI is InChI=1S/C25H21N3O2S/c26-24(31)28-23-14-6-1-8-17(23)9-7-15-27-25(29)30-16-22-20-12-4-2-10-18(20)19-11-3-5-13-21(19)22/h1-6,8,10-14,22H,15-16H2,(H,27,29)(H3,26,28,31). The lowest BCUT2D eigenvalue weighted by Crippen LogP contribution is -2.26. The summed E-state index contributed by atoms with van der Waals surface area (Å²) < 4.78 is 5.50. The van der Waals surface area contributed by atoms with Gasteiger partial charge in [-0.3, -0.25) is 0 Å². The molecule has 4 rings (SSSR count). The number of hydrogen-bond acceptors (Lipinski definition) is 3. The maximum Gasteiger partial charge on any atom is 0.407 e. The minimum atomic E-state index is -0.495. The van der Waals surface area contributed by atoms with Crippen LogP contribution >= 0.6 is 12.2 Å². The van der Waals surface area contributed by atoms with E-state index >= 15 is 0 Å². The lowest BCUT2D eigenvalue weighted by molar-refractivity contribution is 0.144. The van der Waals surface area contributed by atoms with Gasteiger partial charge in [-0.1, -0.05) is 72.5 Å². The molecule has 0 unspecified atom stereocenters. The van der Waals surface area contributed by atoms with E-state index in [1.807, 2.05) is 48.5 Å². The number of carbonyl (C=O) groups is 1. The van der Waals surface area contributed by atoms with Gasteiger partial charge in [-0.15, -0.1) is 0 Å². The Labute approximate surface area is 186 Å². The normalized spacial score (nSPS) is 11.5. The molecule has 1 aliphatic carbocycles. The Balaban J connectivity index is 1.35. The summed E-state index contributed by atoms with van der Waals surface area (Å²) >= 11 is 4.88. The van der Waals surface area contributed by atoms with Crippen molar-refractivity contribution in [1.29, 1.82) is 0 Å². The van der Waals surface area contributed by atoms with Crippen LogP contribution in [-0.4, -0.2) is 24.4 Å². The van der Waals surface area contributed by atoms with E-state index in [0.29, 0.717) is 0 Å². The third-order valence-electron chi connectivity index (χ3n) is 5.07. The number of alkyl carbamates (subject to hydrolysis) is 1. The Bertz CT molecular complexity index is 1150. The highest BCUT2D eigenvalue weighted by Crippen LogP contribution is 2.44. The van der Waals surface area contributed by atoms with Crippen LogP contribution in [0.2, 0.25) is 0 Å². The summed E-state index contributed by atoms with van der Waals surface area (Å²) in [6.07, 6.45) is -0.495. The first-order valence-electron chi connectivity index (χ1n) is 9.86. The van der Waals surface area contributed by atoms with Gasteiger partial charge in [-0.05, 0) is 46.6 Å². The summed E-state index contributed by atoms with van der Waals surface area (Å²) in [5.74, 6) is 5.95. The van der Waals surface area contributed by atoms with Gasteiger partial charge in [-0.2, -0.15) is 0 Å². The Hall–Kier alpha value is -3.82. The van der Waals surface area contributed by atoms with Gasteiger partial charge in [-0.25, -0.2) is 4.79 Å². The van der Waals surface area contributed by atoms with E-state index in [0.717, 1.165) is 11.3 Å². The highest BCUT2D eigenvalue weighted by atomic mass is 32.1. The van der Waals surface area contributed by atoms with Gasteiger partial charge in [0.25, 0.3) is 0 Å². The monoisotopic (exact) mass is 427 g/mol. The van der Waals surface area contributed by atoms with E-state index in [-0.39, 0.29) is 24.2 Å². The number of amides is 1. The van der Waals surface area contributed by atoms with E-state index in [1.165, 1.54) is 22.3 Å². The molecule has 1 amide bonds. The van der Waals surface area contributed by atoms with E-state index in [1.54, 1.807) is 0 Å². The van der Waals surface area contributed by atoms with Crippen LogP contribution in [0.25, 0.3) is 11.1 Å². The molecular weight excluding hydrogens is 406 g/mol. The average molecular weight is 428 g/mol. The van der Waals surface area contributed by atoms with Crippen molar-refractivity contribution in [3.63, 3.8) is 0 Å². The molecule has 5 nitrogen and oxygen atoms in total. The third kappa shape index (κ3) is 4.68. The highest BCUT2D eigenvalue weighted by molar-refractivity contribution is 7.80. The molecule has 0 heterocycles. The van der Waals surface area contributed by atoms with Gasteiger partial charge >= 0.3 is 6.09 Å². The Morgan fingerprint density at radius 2 is 1.58 bits per heavy atom. The molecule has 3 aromatic carbocycles. The zero-order chi connectivity index (χ0) is 21.6. The SMILES string of the molecule is NC(=S)Nc1ccccc1C#CCNC(=O)OCC1c2ccccc2-c2ccccc21. The molecule has 0 atom stereocenters. The van der Waals surface area contributed by atoms with Crippen molar-refractivity contribution in [3.8, 4) is 23.0 Å². The second-order valence-electron chi connectivity index (χ2n) is 7.02. The first-order chi connectivity index (χ1) is 15.1. The van der Waals surface area contributed by atoms with Gasteiger partial charge < -0.3 is 21.1 Å². The number of benzene rings is 3. The maximum absolute atomic E-state index is 12.2. The lowest BCUT2D eigenvalue weighted by Gasteiger charge is -2.14. The number of para-hydroxylation sites is 1. The van der Waals surface area contributed by atoms with E-state index < -0.39 is 6.09 Å². The molecule has 6 heteroatoms. The van der Waals surface area contributed by atoms with E-state index in [4.69, 9.17) is 22.7 Å². The first kappa shape index (κ1) is 20.5. The molecule has 31 heavy (non-hydrogen) atoms. The largest absolute Gasteiger partial charge is 0.449 e. The summed E-state index contributed by atoms with van der Waals surface area (Å²) in [6, 6.07) is 23.9. The first-order valence-corrected chi connectivity index (χ1v) is 10.3. The molecule has 0 bridgehead atoms. The van der Waals surface area contributed by atoms with Gasteiger partial charge in [0.05, 0.1) is 12.2 Å². The van der Waals surface area contributed by atoms with Crippen molar-refractivity contribution in [2.24, 2.45) is 5.73 Å². The fourth-order valence-electron chi connectivity index (χ4n) is 3.74. The van der Waals surface area contributed by atoms with Crippen molar-refractivity contribution in [2.75, 3.05) is 18.5 Å². The molecule has 0 saturated heterocycles. The number of fused-ring (bicyclic) bond motifs is 3. The maximum atomic E-state index is 12.2. The van der Waals surface area contributed by atoms with E-state index in [2.05, 4.69) is 46.7 Å². The smallest absolute Gasteiger partial charge is 0.407 e. The van der Waals surface area contributed by atoms with Gasteiger partial charge in [0, 0.05) is 11.5 Å². The van der Waals surface area contributed by atoms with Crippen molar-refractivity contribution in [3.05, 3.63) is 89.5 Å². The van der Waals surface area contributed by atoms with Crippen molar-refractivity contribution in [2.45, 2.75) is 5.92 Å². The number of anilines is 1. The topological polar surface area (TPSA) is 76.4 Å². The number of ether oxygens (including phenoxy) is 1. The number of nitrogens with two attached hydrogens (primary N) is 1. The molecule has 0 aliphatic heterocycles. The van der Waals surface area contributed by atoms with Crippen LogP contribution in [0.3, 0.4) is 0 Å². The van der Waals surface area contributed by atoms with Crippen molar-refractivity contribution < 1.29 is 9.53 Å². The van der Waals surface area contributed by atoms with Crippen LogP contribution in [0.1, 0.15) is 22.6 Å². The molecule has 0 radical (unpaired) electrons. The average Bonchev–Trinajstić information content (AvgIpc) is 3.10. The van der Waals surface area contributed by atoms with Crippen LogP contribution < -0.4 is 16.4 Å². The number of nitrogens with one attached hydrogen (secondary N) is 2. The molecular formula is C25H21N3O2S. The molecule has 0 spiro atoms. The predicted molar refractivity (Wildman–Crippen MR) is 127 cm³/mol. The predicted octanol–water partition coefficient (Wildman–Crippen LogP) is 4.23. The van der Waals surface area contributed by atoms with Gasteiger partial charge in [0.1, 0.15) is 6.61 Å². The summed E-state index contributed by atoms with van der Waals surface area (Å²) in [5, 5.41) is 5.74. The van der Waals surface area contributed by atoms with E-state index in [9.17, 15) is 4.79 Å². The summed E-state index contributed by atoms with van der Waals surface area (Å²) in [4.78, 5) is 12.2.